The van der Waals surface area contributed by atoms with Crippen LogP contribution in [-0.4, -0.2) is 29.4 Å². The van der Waals surface area contributed by atoms with Crippen LogP contribution in [0.4, 0.5) is 5.69 Å². The molecule has 7 heteroatoms. The van der Waals surface area contributed by atoms with Crippen LogP contribution in [0.1, 0.15) is 12.8 Å². The summed E-state index contributed by atoms with van der Waals surface area (Å²) in [5, 5.41) is 7.11. The van der Waals surface area contributed by atoms with Crippen LogP contribution >= 0.6 is 15.9 Å². The highest BCUT2D eigenvalue weighted by Gasteiger charge is 2.21. The minimum absolute atomic E-state index is 0.184. The molecule has 0 bridgehead atoms. The van der Waals surface area contributed by atoms with Crippen molar-refractivity contribution in [2.45, 2.75) is 19.4 Å². The molecule has 98 valence electrons. The number of rotatable bonds is 5. The molecular formula is C11H14BrN3O3. The lowest BCUT2D eigenvalue weighted by molar-refractivity contribution is -0.141. The van der Waals surface area contributed by atoms with Gasteiger partial charge in [-0.1, -0.05) is 0 Å². The Morgan fingerprint density at radius 2 is 2.39 bits per heavy atom. The number of nitrogens with one attached hydrogen (secondary N) is 1. The van der Waals surface area contributed by atoms with Crippen molar-refractivity contribution in [3.05, 3.63) is 21.0 Å². The van der Waals surface area contributed by atoms with Gasteiger partial charge in [0.2, 0.25) is 0 Å². The van der Waals surface area contributed by atoms with Crippen LogP contribution in [-0.2, 0) is 16.1 Å². The van der Waals surface area contributed by atoms with Crippen LogP contribution < -0.4 is 10.9 Å². The Kier molecular flexibility index (Phi) is 4.00. The topological polar surface area (TPSA) is 73.2 Å². The van der Waals surface area contributed by atoms with Crippen molar-refractivity contribution >= 4 is 27.6 Å². The summed E-state index contributed by atoms with van der Waals surface area (Å²) >= 11 is 3.23. The minimum atomic E-state index is -0.504. The summed E-state index contributed by atoms with van der Waals surface area (Å²) in [6, 6.07) is 0. The minimum Gasteiger partial charge on any atom is -0.468 e. The number of ether oxygens (including phenoxy) is 1. The van der Waals surface area contributed by atoms with Crippen molar-refractivity contribution in [2.24, 2.45) is 5.92 Å². The maximum Gasteiger partial charge on any atom is 0.327 e. The zero-order chi connectivity index (χ0) is 13.1. The molecule has 1 fully saturated rings. The molecule has 0 spiro atoms. The van der Waals surface area contributed by atoms with E-state index >= 15 is 0 Å². The van der Waals surface area contributed by atoms with Gasteiger partial charge in [-0.3, -0.25) is 9.59 Å². The van der Waals surface area contributed by atoms with E-state index in [1.165, 1.54) is 26.1 Å². The van der Waals surface area contributed by atoms with E-state index in [4.69, 9.17) is 0 Å². The lowest BCUT2D eigenvalue weighted by Crippen LogP contribution is -2.28. The molecular weight excluding hydrogens is 302 g/mol. The summed E-state index contributed by atoms with van der Waals surface area (Å²) in [6.45, 7) is 0.664. The Hall–Kier alpha value is -1.37. The number of carbonyl (C=O) groups is 1. The van der Waals surface area contributed by atoms with E-state index in [2.05, 4.69) is 31.1 Å². The number of carbonyl (C=O) groups excluding carboxylic acids is 1. The van der Waals surface area contributed by atoms with Crippen molar-refractivity contribution in [1.29, 1.82) is 0 Å². The first-order chi connectivity index (χ1) is 8.61. The second kappa shape index (κ2) is 5.51. The van der Waals surface area contributed by atoms with Gasteiger partial charge in [0, 0.05) is 6.54 Å². The molecule has 1 aromatic heterocycles. The maximum absolute atomic E-state index is 11.9. The second-order valence-corrected chi connectivity index (χ2v) is 5.03. The van der Waals surface area contributed by atoms with Gasteiger partial charge in [-0.2, -0.15) is 5.10 Å². The van der Waals surface area contributed by atoms with E-state index in [0.29, 0.717) is 16.1 Å². The Bertz CT molecular complexity index is 511. The normalized spacial score (nSPS) is 14.3. The summed E-state index contributed by atoms with van der Waals surface area (Å²) in [4.78, 5) is 23.0. The van der Waals surface area contributed by atoms with Crippen LogP contribution in [0.25, 0.3) is 0 Å². The van der Waals surface area contributed by atoms with Crippen LogP contribution in [0.5, 0.6) is 0 Å². The molecule has 0 aliphatic heterocycles. The van der Waals surface area contributed by atoms with Gasteiger partial charge in [0.05, 0.1) is 19.0 Å². The Morgan fingerprint density at radius 1 is 1.67 bits per heavy atom. The highest BCUT2D eigenvalue weighted by molar-refractivity contribution is 9.10. The summed E-state index contributed by atoms with van der Waals surface area (Å²) in [6.07, 6.45) is 4.01. The average Bonchev–Trinajstić information content (AvgIpc) is 3.18. The van der Waals surface area contributed by atoms with Crippen LogP contribution in [0.2, 0.25) is 0 Å². The van der Waals surface area contributed by atoms with Gasteiger partial charge < -0.3 is 10.1 Å². The van der Waals surface area contributed by atoms with E-state index in [-0.39, 0.29) is 12.1 Å². The summed E-state index contributed by atoms with van der Waals surface area (Å²) in [5.74, 6) is 0.199. The molecule has 1 aromatic rings. The number of methoxy groups -OCH3 is 1. The second-order valence-electron chi connectivity index (χ2n) is 4.24. The van der Waals surface area contributed by atoms with Crippen molar-refractivity contribution < 1.29 is 9.53 Å². The van der Waals surface area contributed by atoms with E-state index in [0.717, 1.165) is 11.2 Å². The average molecular weight is 316 g/mol. The number of nitrogens with zero attached hydrogens (tertiary/aromatic N) is 2. The monoisotopic (exact) mass is 315 g/mol. The highest BCUT2D eigenvalue weighted by atomic mass is 79.9. The molecule has 1 aliphatic rings. The first kappa shape index (κ1) is 13.1. The molecule has 0 saturated heterocycles. The first-order valence-corrected chi connectivity index (χ1v) is 6.47. The molecule has 2 rings (SSSR count). The Labute approximate surface area is 112 Å². The van der Waals surface area contributed by atoms with Crippen molar-refractivity contribution in [1.82, 2.24) is 9.78 Å². The standard InChI is InChI=1S/C11H14BrN3O3/c1-18-9(16)6-15-11(17)10(12)8(5-14-15)13-4-7-2-3-7/h5,7,13H,2-4,6H2,1H3. The highest BCUT2D eigenvalue weighted by Crippen LogP contribution is 2.29. The molecule has 1 aliphatic carbocycles. The Morgan fingerprint density at radius 3 is 3.00 bits per heavy atom. The smallest absolute Gasteiger partial charge is 0.327 e. The van der Waals surface area contributed by atoms with Crippen molar-refractivity contribution in [3.8, 4) is 0 Å². The van der Waals surface area contributed by atoms with Crippen LogP contribution in [0, 0.1) is 5.92 Å². The van der Waals surface area contributed by atoms with E-state index in [9.17, 15) is 9.59 Å². The molecule has 0 radical (unpaired) electrons. The summed E-state index contributed by atoms with van der Waals surface area (Å²) < 4.78 is 5.96. The number of esters is 1. The van der Waals surface area contributed by atoms with Gasteiger partial charge in [-0.25, -0.2) is 4.68 Å². The van der Waals surface area contributed by atoms with Gasteiger partial charge >= 0.3 is 5.97 Å². The first-order valence-electron chi connectivity index (χ1n) is 5.68. The fraction of sp³-hybridized carbons (Fsp3) is 0.545. The molecule has 1 heterocycles. The van der Waals surface area contributed by atoms with E-state index in [1.54, 1.807) is 0 Å². The van der Waals surface area contributed by atoms with Gasteiger partial charge in [0.25, 0.3) is 5.56 Å². The number of halogens is 1. The van der Waals surface area contributed by atoms with E-state index < -0.39 is 5.97 Å². The van der Waals surface area contributed by atoms with E-state index in [1.807, 2.05) is 0 Å². The van der Waals surface area contributed by atoms with Crippen molar-refractivity contribution in [2.75, 3.05) is 19.0 Å². The number of hydrogen-bond acceptors (Lipinski definition) is 5. The van der Waals surface area contributed by atoms with Crippen molar-refractivity contribution in [3.63, 3.8) is 0 Å². The third-order valence-corrected chi connectivity index (χ3v) is 3.54. The molecule has 6 nitrogen and oxygen atoms in total. The van der Waals surface area contributed by atoms with Gasteiger partial charge in [-0.15, -0.1) is 0 Å². The van der Waals surface area contributed by atoms with Crippen LogP contribution in [0.3, 0.4) is 0 Å². The number of hydrogen-bond donors (Lipinski definition) is 1. The SMILES string of the molecule is COC(=O)Cn1ncc(NCC2CC2)c(Br)c1=O. The molecule has 0 amide bonds. The third-order valence-electron chi connectivity index (χ3n) is 2.77. The lowest BCUT2D eigenvalue weighted by atomic mass is 10.4. The van der Waals surface area contributed by atoms with Gasteiger partial charge in [-0.05, 0) is 34.7 Å². The van der Waals surface area contributed by atoms with Gasteiger partial charge in [0.1, 0.15) is 11.0 Å². The molecule has 1 saturated carbocycles. The maximum atomic E-state index is 11.9. The fourth-order valence-electron chi connectivity index (χ4n) is 1.46. The third kappa shape index (κ3) is 3.10. The zero-order valence-electron chi connectivity index (χ0n) is 9.98. The van der Waals surface area contributed by atoms with Gasteiger partial charge in [0.15, 0.2) is 0 Å². The van der Waals surface area contributed by atoms with Crippen LogP contribution in [0.15, 0.2) is 15.5 Å². The summed E-state index contributed by atoms with van der Waals surface area (Å²) in [7, 11) is 1.27. The zero-order valence-corrected chi connectivity index (χ0v) is 11.6. The number of aromatic nitrogens is 2. The summed E-state index contributed by atoms with van der Waals surface area (Å²) in [5.41, 5.74) is 0.314. The lowest BCUT2D eigenvalue weighted by Gasteiger charge is -2.09. The predicted molar refractivity (Wildman–Crippen MR) is 69.4 cm³/mol. The molecule has 0 aromatic carbocycles. The fourth-order valence-corrected chi connectivity index (χ4v) is 1.91. The Balaban J connectivity index is 2.12. The quantitative estimate of drug-likeness (QED) is 0.821. The molecule has 0 unspecified atom stereocenters. The predicted octanol–water partition coefficient (Wildman–Crippen LogP) is 1.00. The molecule has 1 N–H and O–H groups in total. The molecule has 0 atom stereocenters. The molecule has 18 heavy (non-hydrogen) atoms. The number of anilines is 1. The largest absolute Gasteiger partial charge is 0.468 e.